The third-order valence-electron chi connectivity index (χ3n) is 12.7. The summed E-state index contributed by atoms with van der Waals surface area (Å²) >= 11 is 0. The van der Waals surface area contributed by atoms with E-state index >= 15 is 0 Å². The molecule has 338 valence electrons. The third kappa shape index (κ3) is 14.0. The van der Waals surface area contributed by atoms with E-state index in [0.29, 0.717) is 12.1 Å². The van der Waals surface area contributed by atoms with Crippen LogP contribution >= 0.6 is 0 Å². The summed E-state index contributed by atoms with van der Waals surface area (Å²) in [6, 6.07) is 25.0. The first-order chi connectivity index (χ1) is 30.7. The molecule has 3 fully saturated rings. The summed E-state index contributed by atoms with van der Waals surface area (Å²) in [6.45, 7) is 5.10. The highest BCUT2D eigenvalue weighted by Crippen LogP contribution is 2.42. The molecule has 6 rings (SSSR count). The molecule has 2 saturated carbocycles. The summed E-state index contributed by atoms with van der Waals surface area (Å²) in [5.74, 6) is -2.70. The Balaban J connectivity index is 1.06. The standard InChI is InChI=1S/C51H67N5O7/c1-3-5-7-9-10-11-19-29-63-51(62)55-45(49(60)52-28-18-8-6-4-2)32-46(57)37-24-26-38(27-25-37)50(61)56-33-41(47(58)53-43-30-39(43)35-20-14-12-15-21-35)42(34-56)48(59)54-44-31-40(44)36-22-16-13-17-23-36/h12-17,20-27,39-45H,3-11,18-19,28-34H2,1-2H3,(H,52,60)(H,53,58)(H,54,59)(H,55,62)/t39-,40-,41-,42-,43+,44+,45+/m1/s1. The normalized spacial score (nSPS) is 21.5. The Labute approximate surface area is 373 Å². The number of ketones is 1. The maximum Gasteiger partial charge on any atom is 0.407 e. The largest absolute Gasteiger partial charge is 0.450 e. The van der Waals surface area contributed by atoms with Gasteiger partial charge in [-0.1, -0.05) is 144 Å². The second kappa shape index (κ2) is 23.8. The Bertz CT molecular complexity index is 1900. The molecule has 3 aliphatic rings. The number of Topliss-reactive ketones (excluding diaryl/α,β-unsaturated/α-hetero) is 1. The van der Waals surface area contributed by atoms with E-state index in [0.717, 1.165) is 75.3 Å². The van der Waals surface area contributed by atoms with Crippen molar-refractivity contribution in [1.82, 2.24) is 26.2 Å². The highest BCUT2D eigenvalue weighted by atomic mass is 16.5. The van der Waals surface area contributed by atoms with Gasteiger partial charge in [-0.05, 0) is 48.9 Å². The second-order valence-corrected chi connectivity index (χ2v) is 17.7. The van der Waals surface area contributed by atoms with Crippen molar-refractivity contribution in [3.05, 3.63) is 107 Å². The number of likely N-dealkylation sites (tertiary alicyclic amines) is 1. The van der Waals surface area contributed by atoms with Crippen molar-refractivity contribution in [2.45, 2.75) is 134 Å². The zero-order valence-electron chi connectivity index (χ0n) is 37.2. The van der Waals surface area contributed by atoms with Gasteiger partial charge in [0.25, 0.3) is 5.91 Å². The molecule has 4 N–H and O–H groups in total. The molecule has 1 heterocycles. The van der Waals surface area contributed by atoms with E-state index in [1.807, 2.05) is 36.4 Å². The van der Waals surface area contributed by atoms with Crippen LogP contribution in [0.2, 0.25) is 0 Å². The van der Waals surface area contributed by atoms with Crippen LogP contribution in [-0.2, 0) is 19.1 Å². The quantitative estimate of drug-likeness (QED) is 0.0499. The van der Waals surface area contributed by atoms with E-state index < -0.39 is 29.9 Å². The Hall–Kier alpha value is -5.52. The van der Waals surface area contributed by atoms with E-state index in [2.05, 4.69) is 59.4 Å². The van der Waals surface area contributed by atoms with Crippen LogP contribution in [0.4, 0.5) is 4.79 Å². The van der Waals surface area contributed by atoms with Gasteiger partial charge >= 0.3 is 6.09 Å². The van der Waals surface area contributed by atoms with E-state index in [9.17, 15) is 28.8 Å². The summed E-state index contributed by atoms with van der Waals surface area (Å²) in [6.07, 6.45) is 12.0. The lowest BCUT2D eigenvalue weighted by Crippen LogP contribution is -2.48. The number of rotatable bonds is 25. The number of nitrogens with one attached hydrogen (secondary N) is 4. The van der Waals surface area contributed by atoms with Gasteiger partial charge < -0.3 is 30.9 Å². The average Bonchev–Trinajstić information content (AvgIpc) is 4.21. The number of nitrogens with zero attached hydrogens (tertiary/aromatic N) is 1. The fourth-order valence-electron chi connectivity index (χ4n) is 8.72. The number of carbonyl (C=O) groups excluding carboxylic acids is 6. The van der Waals surface area contributed by atoms with Gasteiger partial charge in [-0.2, -0.15) is 0 Å². The number of amides is 5. The molecule has 0 radical (unpaired) electrons. The van der Waals surface area contributed by atoms with Gasteiger partial charge in [0.15, 0.2) is 5.78 Å². The van der Waals surface area contributed by atoms with Crippen LogP contribution in [0.1, 0.15) is 147 Å². The predicted molar refractivity (Wildman–Crippen MR) is 243 cm³/mol. The van der Waals surface area contributed by atoms with Gasteiger partial charge in [-0.3, -0.25) is 24.0 Å². The molecule has 3 aromatic carbocycles. The zero-order valence-corrected chi connectivity index (χ0v) is 37.2. The monoisotopic (exact) mass is 862 g/mol. The fourth-order valence-corrected chi connectivity index (χ4v) is 8.72. The minimum Gasteiger partial charge on any atom is -0.450 e. The fraction of sp³-hybridized carbons (Fsp3) is 0.529. The number of hydrogen-bond donors (Lipinski definition) is 4. The predicted octanol–water partition coefficient (Wildman–Crippen LogP) is 7.83. The van der Waals surface area contributed by atoms with Gasteiger partial charge in [0.1, 0.15) is 6.04 Å². The summed E-state index contributed by atoms with van der Waals surface area (Å²) < 4.78 is 5.39. The molecule has 3 aromatic rings. The lowest BCUT2D eigenvalue weighted by Gasteiger charge is -2.18. The minimum absolute atomic E-state index is 0.0310. The topological polar surface area (TPSA) is 163 Å². The van der Waals surface area contributed by atoms with Crippen molar-refractivity contribution in [3.8, 4) is 0 Å². The number of alkyl carbamates (subject to hydrolysis) is 1. The molecule has 0 spiro atoms. The van der Waals surface area contributed by atoms with Crippen molar-refractivity contribution < 1.29 is 33.5 Å². The highest BCUT2D eigenvalue weighted by molar-refractivity contribution is 6.02. The number of carbonyl (C=O) groups is 6. The molecule has 1 saturated heterocycles. The summed E-state index contributed by atoms with van der Waals surface area (Å²) in [5.41, 5.74) is 2.90. The van der Waals surface area contributed by atoms with Gasteiger partial charge in [0.2, 0.25) is 17.7 Å². The SMILES string of the molecule is CCCCCCCCCOC(=O)N[C@@H](CC(=O)c1ccc(C(=O)N2C[C@@H](C(=O)N[C@H]3C[C@@H]3c3ccccc3)[C@H](C(=O)N[C@H]3C[C@@H]3c3ccccc3)C2)cc1)C(=O)NCCCCCC. The van der Waals surface area contributed by atoms with Crippen LogP contribution in [-0.4, -0.2) is 84.8 Å². The number of benzene rings is 3. The Kier molecular flexibility index (Phi) is 17.7. The zero-order chi connectivity index (χ0) is 44.6. The maximum absolute atomic E-state index is 14.0. The first-order valence-electron chi connectivity index (χ1n) is 23.5. The molecular formula is C51H67N5O7. The van der Waals surface area contributed by atoms with E-state index in [1.54, 1.807) is 17.0 Å². The van der Waals surface area contributed by atoms with Crippen LogP contribution in [0.5, 0.6) is 0 Å². The molecule has 7 atom stereocenters. The van der Waals surface area contributed by atoms with Gasteiger partial charge in [-0.15, -0.1) is 0 Å². The lowest BCUT2D eigenvalue weighted by atomic mass is 9.94. The first kappa shape index (κ1) is 47.0. The molecular weight excluding hydrogens is 795 g/mol. The van der Waals surface area contributed by atoms with Crippen LogP contribution in [0.3, 0.4) is 0 Å². The van der Waals surface area contributed by atoms with Crippen LogP contribution in [0, 0.1) is 11.8 Å². The molecule has 12 heteroatoms. The molecule has 0 unspecified atom stereocenters. The summed E-state index contributed by atoms with van der Waals surface area (Å²) in [7, 11) is 0. The van der Waals surface area contributed by atoms with Gasteiger partial charge in [-0.25, -0.2) is 4.79 Å². The number of unbranched alkanes of at least 4 members (excludes halogenated alkanes) is 9. The third-order valence-corrected chi connectivity index (χ3v) is 12.7. The Morgan fingerprint density at radius 2 is 1.11 bits per heavy atom. The van der Waals surface area contributed by atoms with Crippen LogP contribution in [0.25, 0.3) is 0 Å². The number of hydrogen-bond acceptors (Lipinski definition) is 7. The van der Waals surface area contributed by atoms with E-state index in [-0.39, 0.29) is 79.1 Å². The van der Waals surface area contributed by atoms with Crippen LogP contribution in [0.15, 0.2) is 84.9 Å². The van der Waals surface area contributed by atoms with Crippen LogP contribution < -0.4 is 21.3 Å². The van der Waals surface area contributed by atoms with Crippen molar-refractivity contribution >= 4 is 35.5 Å². The molecule has 0 aromatic heterocycles. The van der Waals surface area contributed by atoms with Gasteiger partial charge in [0.05, 0.1) is 18.4 Å². The summed E-state index contributed by atoms with van der Waals surface area (Å²) in [4.78, 5) is 83.0. The second-order valence-electron chi connectivity index (χ2n) is 17.7. The summed E-state index contributed by atoms with van der Waals surface area (Å²) in [5, 5.41) is 11.8. The minimum atomic E-state index is -1.14. The van der Waals surface area contributed by atoms with Crippen molar-refractivity contribution in [2.75, 3.05) is 26.2 Å². The Morgan fingerprint density at radius 1 is 0.619 bits per heavy atom. The maximum atomic E-state index is 14.0. The van der Waals surface area contributed by atoms with E-state index in [4.69, 9.17) is 4.74 Å². The molecule has 0 bridgehead atoms. The highest BCUT2D eigenvalue weighted by Gasteiger charge is 2.49. The lowest BCUT2D eigenvalue weighted by molar-refractivity contribution is -0.133. The van der Waals surface area contributed by atoms with E-state index in [1.165, 1.54) is 31.4 Å². The van der Waals surface area contributed by atoms with Crippen molar-refractivity contribution in [1.29, 1.82) is 0 Å². The molecule has 12 nitrogen and oxygen atoms in total. The molecule has 2 aliphatic carbocycles. The van der Waals surface area contributed by atoms with Crippen molar-refractivity contribution in [3.63, 3.8) is 0 Å². The molecule has 63 heavy (non-hydrogen) atoms. The van der Waals surface area contributed by atoms with Crippen molar-refractivity contribution in [2.24, 2.45) is 11.8 Å². The average molecular weight is 862 g/mol. The molecule has 1 aliphatic heterocycles. The first-order valence-corrected chi connectivity index (χ1v) is 23.5. The molecule has 5 amide bonds. The smallest absolute Gasteiger partial charge is 0.407 e. The Morgan fingerprint density at radius 3 is 1.65 bits per heavy atom. The van der Waals surface area contributed by atoms with Gasteiger partial charge in [0, 0.05) is 61.1 Å². The number of ether oxygens (including phenoxy) is 1.